The molecule has 0 spiro atoms. The number of anilines is 1. The van der Waals surface area contributed by atoms with Gasteiger partial charge >= 0.3 is 0 Å². The van der Waals surface area contributed by atoms with Crippen molar-refractivity contribution < 1.29 is 18.8 Å². The molecule has 0 fully saturated rings. The standard InChI is InChI=1S/C32H36N4O4/c1-20-17-26(31-33-22(3)40-34-31)13-14-27(20)23-9-11-24(12-10-23)32(37)36-21(2)7-8-25-18-29(38-6)30(19-28(25)36)39-16-15-35(4)5/h9-14,17-19,21H,7-8,15-16H2,1-6H3. The lowest BCUT2D eigenvalue weighted by Gasteiger charge is -2.36. The number of hydrogen-bond donors (Lipinski definition) is 0. The molecule has 1 aliphatic rings. The first-order valence-electron chi connectivity index (χ1n) is 13.6. The van der Waals surface area contributed by atoms with Gasteiger partial charge in [0.15, 0.2) is 11.5 Å². The molecule has 0 bridgehead atoms. The lowest BCUT2D eigenvalue weighted by molar-refractivity contribution is 0.0975. The molecule has 0 saturated carbocycles. The monoisotopic (exact) mass is 540 g/mol. The van der Waals surface area contributed by atoms with E-state index in [2.05, 4.69) is 41.0 Å². The number of ether oxygens (including phenoxy) is 2. The van der Waals surface area contributed by atoms with Crippen LogP contribution in [0.3, 0.4) is 0 Å². The van der Waals surface area contributed by atoms with Crippen molar-refractivity contribution in [3.8, 4) is 34.0 Å². The molecule has 1 unspecified atom stereocenters. The molecule has 208 valence electrons. The SMILES string of the molecule is COc1cc2c(cc1OCCN(C)C)N(C(=O)c1ccc(-c3ccc(-c4noc(C)n4)cc3C)cc1)C(C)CC2. The van der Waals surface area contributed by atoms with Crippen LogP contribution in [0.4, 0.5) is 5.69 Å². The largest absolute Gasteiger partial charge is 0.493 e. The third kappa shape index (κ3) is 5.58. The van der Waals surface area contributed by atoms with E-state index in [9.17, 15) is 4.79 Å². The molecule has 1 aliphatic heterocycles. The first-order valence-corrected chi connectivity index (χ1v) is 13.6. The summed E-state index contributed by atoms with van der Waals surface area (Å²) in [6.07, 6.45) is 1.76. The van der Waals surface area contributed by atoms with Crippen LogP contribution < -0.4 is 14.4 Å². The normalized spacial score (nSPS) is 14.8. The minimum atomic E-state index is -0.0241. The Hall–Kier alpha value is -4.17. The van der Waals surface area contributed by atoms with E-state index in [1.807, 2.05) is 61.5 Å². The summed E-state index contributed by atoms with van der Waals surface area (Å²) in [5.74, 6) is 2.44. The highest BCUT2D eigenvalue weighted by Gasteiger charge is 2.30. The molecule has 4 aromatic rings. The summed E-state index contributed by atoms with van der Waals surface area (Å²) in [4.78, 5) is 22.2. The Kier molecular flexibility index (Phi) is 7.89. The topological polar surface area (TPSA) is 80.9 Å². The van der Waals surface area contributed by atoms with Gasteiger partial charge in [-0.25, -0.2) is 0 Å². The fourth-order valence-electron chi connectivity index (χ4n) is 5.14. The average molecular weight is 541 g/mol. The number of nitrogens with zero attached hydrogens (tertiary/aromatic N) is 4. The molecule has 8 nitrogen and oxygen atoms in total. The Bertz CT molecular complexity index is 1510. The number of aryl methyl sites for hydroxylation is 3. The van der Waals surface area contributed by atoms with Gasteiger partial charge in [0.1, 0.15) is 6.61 Å². The van der Waals surface area contributed by atoms with Crippen molar-refractivity contribution in [1.82, 2.24) is 15.0 Å². The van der Waals surface area contributed by atoms with Crippen LogP contribution in [-0.4, -0.2) is 61.3 Å². The van der Waals surface area contributed by atoms with Gasteiger partial charge in [0.25, 0.3) is 5.91 Å². The van der Waals surface area contributed by atoms with Gasteiger partial charge in [0.05, 0.1) is 12.8 Å². The lowest BCUT2D eigenvalue weighted by atomic mass is 9.94. The number of amides is 1. The summed E-state index contributed by atoms with van der Waals surface area (Å²) >= 11 is 0. The number of carbonyl (C=O) groups excluding carboxylic acids is 1. The highest BCUT2D eigenvalue weighted by atomic mass is 16.5. The van der Waals surface area contributed by atoms with Gasteiger partial charge in [0, 0.05) is 36.7 Å². The van der Waals surface area contributed by atoms with E-state index >= 15 is 0 Å². The number of aromatic nitrogens is 2. The van der Waals surface area contributed by atoms with E-state index in [-0.39, 0.29) is 11.9 Å². The number of hydrogen-bond acceptors (Lipinski definition) is 7. The van der Waals surface area contributed by atoms with Crippen LogP contribution in [0.5, 0.6) is 11.5 Å². The quantitative estimate of drug-likeness (QED) is 0.273. The zero-order valence-electron chi connectivity index (χ0n) is 24.0. The molecule has 8 heteroatoms. The molecule has 1 atom stereocenters. The Balaban J connectivity index is 1.40. The van der Waals surface area contributed by atoms with Crippen LogP contribution in [0.15, 0.2) is 59.1 Å². The van der Waals surface area contributed by atoms with Gasteiger partial charge in [0.2, 0.25) is 11.7 Å². The average Bonchev–Trinajstić information content (AvgIpc) is 3.38. The molecule has 5 rings (SSSR count). The molecule has 0 aliphatic carbocycles. The summed E-state index contributed by atoms with van der Waals surface area (Å²) in [5.41, 5.74) is 6.75. The highest BCUT2D eigenvalue weighted by molar-refractivity contribution is 6.07. The van der Waals surface area contributed by atoms with E-state index in [0.717, 1.165) is 52.9 Å². The fourth-order valence-corrected chi connectivity index (χ4v) is 5.14. The van der Waals surface area contributed by atoms with E-state index in [4.69, 9.17) is 14.0 Å². The van der Waals surface area contributed by atoms with Crippen molar-refractivity contribution in [1.29, 1.82) is 0 Å². The Morgan fingerprint density at radius 1 is 1.05 bits per heavy atom. The summed E-state index contributed by atoms with van der Waals surface area (Å²) in [6.45, 7) is 7.25. The second kappa shape index (κ2) is 11.5. The number of fused-ring (bicyclic) bond motifs is 1. The number of methoxy groups -OCH3 is 1. The lowest BCUT2D eigenvalue weighted by Crippen LogP contribution is -2.42. The zero-order chi connectivity index (χ0) is 28.4. The van der Waals surface area contributed by atoms with Gasteiger partial charge in [-0.05, 0) is 87.3 Å². The van der Waals surface area contributed by atoms with Crippen molar-refractivity contribution >= 4 is 11.6 Å². The highest BCUT2D eigenvalue weighted by Crippen LogP contribution is 2.40. The first kappa shape index (κ1) is 27.4. The molecule has 2 heterocycles. The van der Waals surface area contributed by atoms with Gasteiger partial charge in [-0.2, -0.15) is 4.98 Å². The van der Waals surface area contributed by atoms with Gasteiger partial charge in [-0.15, -0.1) is 0 Å². The van der Waals surface area contributed by atoms with Crippen molar-refractivity contribution in [3.63, 3.8) is 0 Å². The maximum absolute atomic E-state index is 13.9. The van der Waals surface area contributed by atoms with Crippen LogP contribution in [-0.2, 0) is 6.42 Å². The van der Waals surface area contributed by atoms with Crippen molar-refractivity contribution in [2.45, 2.75) is 39.7 Å². The fraction of sp³-hybridized carbons (Fsp3) is 0.344. The van der Waals surface area contributed by atoms with Crippen LogP contribution in [0.25, 0.3) is 22.5 Å². The smallest absolute Gasteiger partial charge is 0.258 e. The number of rotatable bonds is 8. The van der Waals surface area contributed by atoms with Crippen LogP contribution in [0, 0.1) is 13.8 Å². The predicted octanol–water partition coefficient (Wildman–Crippen LogP) is 5.95. The van der Waals surface area contributed by atoms with E-state index < -0.39 is 0 Å². The van der Waals surface area contributed by atoms with Crippen molar-refractivity contribution in [3.05, 3.63) is 77.2 Å². The van der Waals surface area contributed by atoms with E-state index in [0.29, 0.717) is 35.4 Å². The Morgan fingerprint density at radius 3 is 2.45 bits per heavy atom. The van der Waals surface area contributed by atoms with Crippen LogP contribution in [0.1, 0.15) is 40.7 Å². The van der Waals surface area contributed by atoms with Gasteiger partial charge < -0.3 is 23.8 Å². The number of carbonyl (C=O) groups is 1. The first-order chi connectivity index (χ1) is 19.2. The molecule has 3 aromatic carbocycles. The predicted molar refractivity (Wildman–Crippen MR) is 156 cm³/mol. The zero-order valence-corrected chi connectivity index (χ0v) is 24.0. The van der Waals surface area contributed by atoms with E-state index in [1.165, 1.54) is 0 Å². The molecule has 40 heavy (non-hydrogen) atoms. The maximum atomic E-state index is 13.9. The Morgan fingerprint density at radius 2 is 1.80 bits per heavy atom. The van der Waals surface area contributed by atoms with Crippen molar-refractivity contribution in [2.75, 3.05) is 39.3 Å². The third-order valence-electron chi connectivity index (χ3n) is 7.37. The van der Waals surface area contributed by atoms with E-state index in [1.54, 1.807) is 14.0 Å². The minimum absolute atomic E-state index is 0.0241. The molecule has 0 saturated heterocycles. The Labute approximate surface area is 235 Å². The van der Waals surface area contributed by atoms with Crippen LogP contribution in [0.2, 0.25) is 0 Å². The molecular weight excluding hydrogens is 504 g/mol. The van der Waals surface area contributed by atoms with Gasteiger partial charge in [-0.3, -0.25) is 4.79 Å². The number of likely N-dealkylation sites (N-methyl/N-ethyl adjacent to an activating group) is 1. The molecule has 0 radical (unpaired) electrons. The summed E-state index contributed by atoms with van der Waals surface area (Å²) in [5, 5.41) is 4.02. The summed E-state index contributed by atoms with van der Waals surface area (Å²) in [6, 6.07) is 18.0. The third-order valence-corrected chi connectivity index (χ3v) is 7.37. The molecular formula is C32H36N4O4. The van der Waals surface area contributed by atoms with Gasteiger partial charge in [-0.1, -0.05) is 29.4 Å². The minimum Gasteiger partial charge on any atom is -0.493 e. The molecule has 1 aromatic heterocycles. The summed E-state index contributed by atoms with van der Waals surface area (Å²) in [7, 11) is 5.67. The maximum Gasteiger partial charge on any atom is 0.258 e. The second-order valence-corrected chi connectivity index (χ2v) is 10.6. The van der Waals surface area contributed by atoms with Crippen molar-refractivity contribution in [2.24, 2.45) is 0 Å². The number of benzene rings is 3. The molecule has 1 amide bonds. The molecule has 0 N–H and O–H groups in total. The van der Waals surface area contributed by atoms with Crippen LogP contribution >= 0.6 is 0 Å². The second-order valence-electron chi connectivity index (χ2n) is 10.6. The summed E-state index contributed by atoms with van der Waals surface area (Å²) < 4.78 is 16.8.